The van der Waals surface area contributed by atoms with E-state index in [-0.39, 0.29) is 12.6 Å². The van der Waals surface area contributed by atoms with E-state index >= 15 is 0 Å². The number of aliphatic hydroxyl groups is 1. The Morgan fingerprint density at radius 3 is 2.70 bits per heavy atom. The van der Waals surface area contributed by atoms with Gasteiger partial charge in [0.2, 0.25) is 0 Å². The van der Waals surface area contributed by atoms with Crippen LogP contribution in [0.2, 0.25) is 0 Å². The number of benzene rings is 2. The maximum absolute atomic E-state index is 11.9. The number of methoxy groups -OCH3 is 2. The van der Waals surface area contributed by atoms with Gasteiger partial charge in [-0.05, 0) is 41.5 Å². The number of ether oxygens (including phenoxy) is 2. The van der Waals surface area contributed by atoms with Crippen molar-refractivity contribution in [1.29, 1.82) is 0 Å². The number of rotatable bonds is 7. The third kappa shape index (κ3) is 4.21. The Morgan fingerprint density at radius 2 is 2.00 bits per heavy atom. The summed E-state index contributed by atoms with van der Waals surface area (Å²) in [7, 11) is 3.02. The number of imidazole rings is 1. The van der Waals surface area contributed by atoms with E-state index < -0.39 is 0 Å². The first-order chi connectivity index (χ1) is 13.1. The highest BCUT2D eigenvalue weighted by atomic mass is 79.9. The molecule has 7 heteroatoms. The van der Waals surface area contributed by atoms with Crippen LogP contribution in [0.5, 0.6) is 0 Å². The van der Waals surface area contributed by atoms with Crippen molar-refractivity contribution < 1.29 is 19.4 Å². The second kappa shape index (κ2) is 8.65. The molecule has 3 rings (SSSR count). The summed E-state index contributed by atoms with van der Waals surface area (Å²) in [6.45, 7) is 1.09. The second-order valence-electron chi connectivity index (χ2n) is 6.12. The summed E-state index contributed by atoms with van der Waals surface area (Å²) in [5.74, 6) is 0.467. The van der Waals surface area contributed by atoms with Crippen LogP contribution in [0, 0.1) is 0 Å². The molecule has 0 aliphatic rings. The Labute approximate surface area is 165 Å². The highest BCUT2D eigenvalue weighted by Gasteiger charge is 2.15. The van der Waals surface area contributed by atoms with E-state index in [1.807, 2.05) is 24.3 Å². The zero-order valence-corrected chi connectivity index (χ0v) is 16.8. The van der Waals surface area contributed by atoms with Gasteiger partial charge in [0.1, 0.15) is 5.82 Å². The van der Waals surface area contributed by atoms with Gasteiger partial charge < -0.3 is 19.1 Å². The normalized spacial score (nSPS) is 11.1. The van der Waals surface area contributed by atoms with Crippen LogP contribution in [0.25, 0.3) is 11.0 Å². The third-order valence-electron chi connectivity index (χ3n) is 4.45. The summed E-state index contributed by atoms with van der Waals surface area (Å²) in [6, 6.07) is 11.2. The summed E-state index contributed by atoms with van der Waals surface area (Å²) in [6.07, 6.45) is 0.565. The van der Waals surface area contributed by atoms with E-state index in [9.17, 15) is 9.90 Å². The van der Waals surface area contributed by atoms with Gasteiger partial charge in [-0.25, -0.2) is 9.78 Å². The average Bonchev–Trinajstić information content (AvgIpc) is 3.03. The van der Waals surface area contributed by atoms with Gasteiger partial charge >= 0.3 is 5.97 Å². The van der Waals surface area contributed by atoms with Crippen molar-refractivity contribution in [3.8, 4) is 0 Å². The van der Waals surface area contributed by atoms with E-state index in [2.05, 4.69) is 20.5 Å². The van der Waals surface area contributed by atoms with Crippen LogP contribution in [-0.4, -0.2) is 41.5 Å². The van der Waals surface area contributed by atoms with Crippen LogP contribution in [0.1, 0.15) is 27.3 Å². The first-order valence-corrected chi connectivity index (χ1v) is 9.31. The van der Waals surface area contributed by atoms with Crippen molar-refractivity contribution in [2.75, 3.05) is 20.8 Å². The molecular weight excluding hydrogens is 412 g/mol. The predicted octanol–water partition coefficient (Wildman–Crippen LogP) is 3.31. The maximum atomic E-state index is 11.9. The lowest BCUT2D eigenvalue weighted by Gasteiger charge is -2.11. The van der Waals surface area contributed by atoms with E-state index in [0.29, 0.717) is 25.1 Å². The quantitative estimate of drug-likeness (QED) is 0.579. The topological polar surface area (TPSA) is 73.6 Å². The maximum Gasteiger partial charge on any atom is 0.337 e. The van der Waals surface area contributed by atoms with Crippen molar-refractivity contribution in [2.24, 2.45) is 0 Å². The molecule has 0 aliphatic heterocycles. The molecule has 0 unspecified atom stereocenters. The Morgan fingerprint density at radius 1 is 1.19 bits per heavy atom. The van der Waals surface area contributed by atoms with Crippen LogP contribution < -0.4 is 0 Å². The van der Waals surface area contributed by atoms with Crippen molar-refractivity contribution in [1.82, 2.24) is 9.55 Å². The second-order valence-corrected chi connectivity index (χ2v) is 7.03. The lowest BCUT2D eigenvalue weighted by atomic mass is 10.0. The summed E-state index contributed by atoms with van der Waals surface area (Å²) < 4.78 is 13.0. The first-order valence-electron chi connectivity index (χ1n) is 8.52. The zero-order valence-electron chi connectivity index (χ0n) is 15.2. The van der Waals surface area contributed by atoms with Gasteiger partial charge in [0.25, 0.3) is 0 Å². The minimum absolute atomic E-state index is 0.0421. The lowest BCUT2D eigenvalue weighted by Crippen LogP contribution is -2.10. The number of fused-ring (bicyclic) bond motifs is 1. The molecule has 0 radical (unpaired) electrons. The summed E-state index contributed by atoms with van der Waals surface area (Å²) in [5.41, 5.74) is 3.99. The van der Waals surface area contributed by atoms with Gasteiger partial charge in [-0.2, -0.15) is 0 Å². The number of nitrogens with zero attached hydrogens (tertiary/aromatic N) is 2. The molecule has 0 amide bonds. The van der Waals surface area contributed by atoms with Crippen molar-refractivity contribution in [2.45, 2.75) is 19.6 Å². The highest BCUT2D eigenvalue weighted by molar-refractivity contribution is 9.10. The Bertz CT molecular complexity index is 968. The molecule has 0 aliphatic carbocycles. The molecule has 3 aromatic rings. The van der Waals surface area contributed by atoms with Gasteiger partial charge in [0.05, 0.1) is 36.9 Å². The van der Waals surface area contributed by atoms with E-state index in [1.165, 1.54) is 7.11 Å². The number of hydrogen-bond acceptors (Lipinski definition) is 5. The SMILES string of the molecule is COCCn1c(Cc2ccc(Br)cc2CO)nc2ccc(C(=O)OC)cc21. The van der Waals surface area contributed by atoms with E-state index in [0.717, 1.165) is 32.5 Å². The minimum atomic E-state index is -0.381. The number of carbonyl (C=O) groups is 1. The fourth-order valence-corrected chi connectivity index (χ4v) is 3.48. The molecule has 2 aromatic carbocycles. The van der Waals surface area contributed by atoms with Gasteiger partial charge in [-0.1, -0.05) is 22.0 Å². The van der Waals surface area contributed by atoms with Gasteiger partial charge in [0, 0.05) is 24.5 Å². The molecule has 0 saturated carbocycles. The molecular formula is C20H21BrN2O4. The summed E-state index contributed by atoms with van der Waals surface area (Å²) >= 11 is 3.44. The lowest BCUT2D eigenvalue weighted by molar-refractivity contribution is 0.0601. The highest BCUT2D eigenvalue weighted by Crippen LogP contribution is 2.24. The summed E-state index contributed by atoms with van der Waals surface area (Å²) in [5, 5.41) is 9.68. The van der Waals surface area contributed by atoms with Crippen LogP contribution in [0.4, 0.5) is 0 Å². The zero-order chi connectivity index (χ0) is 19.4. The molecule has 0 fully saturated rings. The van der Waals surface area contributed by atoms with Crippen molar-refractivity contribution in [3.05, 3.63) is 63.4 Å². The third-order valence-corrected chi connectivity index (χ3v) is 4.95. The summed E-state index contributed by atoms with van der Waals surface area (Å²) in [4.78, 5) is 16.6. The number of aromatic nitrogens is 2. The molecule has 142 valence electrons. The number of aliphatic hydroxyl groups excluding tert-OH is 1. The molecule has 1 heterocycles. The van der Waals surface area contributed by atoms with Crippen LogP contribution in [0.3, 0.4) is 0 Å². The molecule has 0 saturated heterocycles. The Hall–Kier alpha value is -2.22. The van der Waals surface area contributed by atoms with E-state index in [4.69, 9.17) is 14.5 Å². The molecule has 1 N–H and O–H groups in total. The van der Waals surface area contributed by atoms with Gasteiger partial charge in [0.15, 0.2) is 0 Å². The standard InChI is InChI=1S/C20H21BrN2O4/c1-26-8-7-23-18-10-14(20(25)27-2)4-6-17(18)22-19(23)11-13-3-5-16(21)9-15(13)12-24/h3-6,9-10,24H,7-8,11-12H2,1-2H3. The van der Waals surface area contributed by atoms with Gasteiger partial charge in [-0.3, -0.25) is 0 Å². The fraction of sp³-hybridized carbons (Fsp3) is 0.300. The molecule has 0 bridgehead atoms. The van der Waals surface area contributed by atoms with Gasteiger partial charge in [-0.15, -0.1) is 0 Å². The number of carbonyl (C=O) groups excluding carboxylic acids is 1. The number of esters is 1. The molecule has 0 spiro atoms. The monoisotopic (exact) mass is 432 g/mol. The Kier molecular flexibility index (Phi) is 6.26. The minimum Gasteiger partial charge on any atom is -0.465 e. The molecule has 0 atom stereocenters. The number of halogens is 1. The first kappa shape index (κ1) is 19.5. The van der Waals surface area contributed by atoms with Crippen LogP contribution in [0.15, 0.2) is 40.9 Å². The predicted molar refractivity (Wildman–Crippen MR) is 106 cm³/mol. The van der Waals surface area contributed by atoms with E-state index in [1.54, 1.807) is 19.2 Å². The smallest absolute Gasteiger partial charge is 0.337 e. The fourth-order valence-electron chi connectivity index (χ4n) is 3.07. The van der Waals surface area contributed by atoms with Crippen molar-refractivity contribution in [3.63, 3.8) is 0 Å². The largest absolute Gasteiger partial charge is 0.465 e. The van der Waals surface area contributed by atoms with Crippen LogP contribution >= 0.6 is 15.9 Å². The average molecular weight is 433 g/mol. The number of hydrogen-bond donors (Lipinski definition) is 1. The van der Waals surface area contributed by atoms with Crippen molar-refractivity contribution >= 4 is 32.9 Å². The van der Waals surface area contributed by atoms with Crippen LogP contribution in [-0.2, 0) is 29.0 Å². The molecule has 27 heavy (non-hydrogen) atoms. The Balaban J connectivity index is 2.07. The molecule has 6 nitrogen and oxygen atoms in total. The molecule has 1 aromatic heterocycles.